The van der Waals surface area contributed by atoms with Gasteiger partial charge in [-0.05, 0) is 91.9 Å². The predicted molar refractivity (Wildman–Crippen MR) is 165 cm³/mol. The highest BCUT2D eigenvalue weighted by molar-refractivity contribution is 5.86. The highest BCUT2D eigenvalue weighted by atomic mass is 16.6. The Bertz CT molecular complexity index is 1220. The zero-order valence-electron chi connectivity index (χ0n) is 26.5. The van der Waals surface area contributed by atoms with Crippen LogP contribution in [0.5, 0.6) is 0 Å². The highest BCUT2D eigenvalue weighted by Crippen LogP contribution is 2.65. The van der Waals surface area contributed by atoms with Crippen molar-refractivity contribution in [3.63, 3.8) is 0 Å². The predicted octanol–water partition coefficient (Wildman–Crippen LogP) is 8.62. The molecule has 4 rings (SSSR count). The first kappa shape index (κ1) is 33.1. The zero-order valence-corrected chi connectivity index (χ0v) is 26.5. The summed E-state index contributed by atoms with van der Waals surface area (Å²) >= 11 is 0. The fourth-order valence-corrected chi connectivity index (χ4v) is 9.24. The van der Waals surface area contributed by atoms with Crippen LogP contribution in [-0.2, 0) is 4.79 Å². The van der Waals surface area contributed by atoms with Crippen molar-refractivity contribution in [1.29, 1.82) is 0 Å². The summed E-state index contributed by atoms with van der Waals surface area (Å²) in [4.78, 5) is 34.8. The molecule has 10 heteroatoms. The summed E-state index contributed by atoms with van der Waals surface area (Å²) in [7, 11) is 0. The third-order valence-corrected chi connectivity index (χ3v) is 11.6. The van der Waals surface area contributed by atoms with Gasteiger partial charge in [0.1, 0.15) is 5.78 Å². The van der Waals surface area contributed by atoms with Crippen molar-refractivity contribution in [2.45, 2.75) is 111 Å². The van der Waals surface area contributed by atoms with E-state index < -0.39 is 27.1 Å². The molecule has 3 fully saturated rings. The summed E-state index contributed by atoms with van der Waals surface area (Å²) in [6, 6.07) is 3.40. The molecule has 3 unspecified atom stereocenters. The van der Waals surface area contributed by atoms with E-state index in [0.29, 0.717) is 43.1 Å². The van der Waals surface area contributed by atoms with E-state index in [4.69, 9.17) is 0 Å². The van der Waals surface area contributed by atoms with Crippen molar-refractivity contribution in [3.8, 4) is 0 Å². The topological polar surface area (TPSA) is 148 Å². The van der Waals surface area contributed by atoms with Crippen molar-refractivity contribution >= 4 is 22.8 Å². The SMILES string of the molecule is CC(C)CCC[C@@H](C)[C@H]1CCC2C(CCN=Nc3ccc([N+](=O)[O-])cc3[N+](=O)[O-])C([C@@]3(C)CC[C@H](O)CC3=O)CC[C@@]21C. The van der Waals surface area contributed by atoms with Gasteiger partial charge in [0.05, 0.1) is 28.6 Å². The van der Waals surface area contributed by atoms with Gasteiger partial charge in [-0.2, -0.15) is 5.11 Å². The number of carbonyl (C=O) groups is 1. The second kappa shape index (κ2) is 13.5. The Morgan fingerprint density at radius 3 is 2.40 bits per heavy atom. The van der Waals surface area contributed by atoms with E-state index in [0.717, 1.165) is 31.7 Å². The average molecular weight is 599 g/mol. The van der Waals surface area contributed by atoms with Gasteiger partial charge in [-0.3, -0.25) is 25.0 Å². The number of ketones is 1. The fraction of sp³-hybridized carbons (Fsp3) is 0.788. The van der Waals surface area contributed by atoms with Crippen molar-refractivity contribution in [2.24, 2.45) is 56.6 Å². The van der Waals surface area contributed by atoms with Crippen LogP contribution in [0.15, 0.2) is 28.4 Å². The summed E-state index contributed by atoms with van der Waals surface area (Å²) in [6.07, 6.45) is 9.93. The molecule has 238 valence electrons. The minimum absolute atomic E-state index is 0.000179. The molecular weight excluding hydrogens is 548 g/mol. The van der Waals surface area contributed by atoms with Gasteiger partial charge in [-0.25, -0.2) is 0 Å². The molecule has 3 saturated carbocycles. The van der Waals surface area contributed by atoms with E-state index in [1.807, 2.05) is 0 Å². The molecule has 3 aliphatic rings. The number of aliphatic hydroxyl groups is 1. The third kappa shape index (κ3) is 6.99. The van der Waals surface area contributed by atoms with Crippen molar-refractivity contribution in [3.05, 3.63) is 38.4 Å². The molecule has 0 amide bonds. The number of aliphatic hydroxyl groups excluding tert-OH is 1. The van der Waals surface area contributed by atoms with Gasteiger partial charge in [0, 0.05) is 17.9 Å². The van der Waals surface area contributed by atoms with Crippen LogP contribution in [0.4, 0.5) is 17.1 Å². The highest BCUT2D eigenvalue weighted by Gasteiger charge is 2.58. The number of fused-ring (bicyclic) bond motifs is 1. The number of nitrogens with zero attached hydrogens (tertiary/aromatic N) is 4. The fourth-order valence-electron chi connectivity index (χ4n) is 9.24. The summed E-state index contributed by atoms with van der Waals surface area (Å²) in [5.41, 5.74) is -1.08. The molecule has 0 bridgehead atoms. The van der Waals surface area contributed by atoms with Crippen LogP contribution < -0.4 is 0 Å². The molecule has 10 nitrogen and oxygen atoms in total. The lowest BCUT2D eigenvalue weighted by atomic mass is 9.49. The molecular formula is C33H50N4O6. The first-order valence-electron chi connectivity index (χ1n) is 16.3. The van der Waals surface area contributed by atoms with Crippen LogP contribution in [0.25, 0.3) is 0 Å². The molecule has 0 saturated heterocycles. The van der Waals surface area contributed by atoms with Crippen molar-refractivity contribution < 1.29 is 19.7 Å². The first-order chi connectivity index (χ1) is 20.3. The number of benzene rings is 1. The van der Waals surface area contributed by atoms with Crippen molar-refractivity contribution in [1.82, 2.24) is 0 Å². The van der Waals surface area contributed by atoms with Gasteiger partial charge in [0.25, 0.3) is 5.69 Å². The lowest BCUT2D eigenvalue weighted by Crippen LogP contribution is -2.51. The Balaban J connectivity index is 1.56. The number of rotatable bonds is 12. The van der Waals surface area contributed by atoms with Gasteiger partial charge in [0.15, 0.2) is 5.69 Å². The quantitative estimate of drug-likeness (QED) is 0.145. The van der Waals surface area contributed by atoms with E-state index in [2.05, 4.69) is 44.8 Å². The van der Waals surface area contributed by atoms with E-state index in [1.54, 1.807) is 0 Å². The molecule has 0 aliphatic heterocycles. The number of nitro benzene ring substituents is 2. The Morgan fingerprint density at radius 2 is 1.74 bits per heavy atom. The molecule has 0 aromatic heterocycles. The Labute approximate surface area is 255 Å². The largest absolute Gasteiger partial charge is 0.393 e. The maximum absolute atomic E-state index is 13.5. The van der Waals surface area contributed by atoms with Crippen LogP contribution >= 0.6 is 0 Å². The molecule has 0 spiro atoms. The van der Waals surface area contributed by atoms with Crippen LogP contribution in [-0.4, -0.2) is 33.4 Å². The second-order valence-corrected chi connectivity index (χ2v) is 14.6. The number of hydrogen-bond acceptors (Lipinski definition) is 8. The normalized spacial score (nSPS) is 33.6. The number of hydrogen-bond donors (Lipinski definition) is 1. The Hall–Kier alpha value is -2.75. The third-order valence-electron chi connectivity index (χ3n) is 11.6. The lowest BCUT2D eigenvalue weighted by molar-refractivity contribution is -0.393. The van der Waals surface area contributed by atoms with E-state index in [-0.39, 0.29) is 40.8 Å². The van der Waals surface area contributed by atoms with Crippen LogP contribution in [0, 0.1) is 66.6 Å². The number of azo groups is 1. The van der Waals surface area contributed by atoms with Crippen LogP contribution in [0.2, 0.25) is 0 Å². The van der Waals surface area contributed by atoms with E-state index in [9.17, 15) is 30.1 Å². The zero-order chi connectivity index (χ0) is 31.5. The Kier molecular flexibility index (Phi) is 10.4. The number of nitro groups is 2. The summed E-state index contributed by atoms with van der Waals surface area (Å²) in [5.74, 6) is 3.11. The monoisotopic (exact) mass is 598 g/mol. The average Bonchev–Trinajstić information content (AvgIpc) is 3.30. The maximum Gasteiger partial charge on any atom is 0.303 e. The summed E-state index contributed by atoms with van der Waals surface area (Å²) in [5, 5.41) is 41.4. The number of non-ortho nitro benzene ring substituents is 1. The van der Waals surface area contributed by atoms with Gasteiger partial charge in [-0.1, -0.05) is 53.9 Å². The van der Waals surface area contributed by atoms with Crippen molar-refractivity contribution in [2.75, 3.05) is 6.54 Å². The van der Waals surface area contributed by atoms with E-state index >= 15 is 0 Å². The van der Waals surface area contributed by atoms with Crippen LogP contribution in [0.1, 0.15) is 105 Å². The van der Waals surface area contributed by atoms with Gasteiger partial charge in [0.2, 0.25) is 0 Å². The molecule has 8 atom stereocenters. The molecule has 1 aromatic carbocycles. The van der Waals surface area contributed by atoms with Gasteiger partial charge < -0.3 is 5.11 Å². The molecule has 3 aliphatic carbocycles. The van der Waals surface area contributed by atoms with Gasteiger partial charge >= 0.3 is 5.69 Å². The molecule has 1 aromatic rings. The molecule has 43 heavy (non-hydrogen) atoms. The lowest BCUT2D eigenvalue weighted by Gasteiger charge is -2.55. The molecule has 0 heterocycles. The minimum Gasteiger partial charge on any atom is -0.393 e. The number of carbonyl (C=O) groups excluding carboxylic acids is 1. The van der Waals surface area contributed by atoms with Gasteiger partial charge in [-0.15, -0.1) is 5.11 Å². The second-order valence-electron chi connectivity index (χ2n) is 14.6. The molecule has 0 radical (unpaired) electrons. The smallest absolute Gasteiger partial charge is 0.303 e. The maximum atomic E-state index is 13.5. The molecule has 1 N–H and O–H groups in total. The summed E-state index contributed by atoms with van der Waals surface area (Å²) in [6.45, 7) is 12.0. The minimum atomic E-state index is -0.672. The van der Waals surface area contributed by atoms with E-state index in [1.165, 1.54) is 37.8 Å². The first-order valence-corrected chi connectivity index (χ1v) is 16.3. The Morgan fingerprint density at radius 1 is 1.00 bits per heavy atom. The van der Waals surface area contributed by atoms with Crippen LogP contribution in [0.3, 0.4) is 0 Å². The number of Topliss-reactive ketones (excluding diaryl/α,β-unsaturated/α-hetero) is 1. The summed E-state index contributed by atoms with van der Waals surface area (Å²) < 4.78 is 0. The standard InChI is InChI=1S/C33H50N4O6/c1-21(2)7-6-8-22(3)26-10-11-27-25(15-18-34-35-29-12-9-23(36(40)41)19-30(29)37(42)43)28(14-17-32(26,27)4)33(5)16-13-24(38)20-31(33)39/h9,12,19,21-22,24-28,38H,6-8,10-11,13-18,20H2,1-5H3/t22-,24+,25?,26-,27?,28?,32-,33-/m1/s1.